The van der Waals surface area contributed by atoms with E-state index in [1.807, 2.05) is 0 Å². The van der Waals surface area contributed by atoms with Crippen LogP contribution in [-0.2, 0) is 6.54 Å². The Labute approximate surface area is 113 Å². The van der Waals surface area contributed by atoms with Gasteiger partial charge in [-0.05, 0) is 25.0 Å². The Morgan fingerprint density at radius 3 is 2.84 bits per heavy atom. The summed E-state index contributed by atoms with van der Waals surface area (Å²) < 4.78 is 2.30. The molecule has 4 heteroatoms. The fraction of sp³-hybridized carbons (Fsp3) is 0.533. The summed E-state index contributed by atoms with van der Waals surface area (Å²) in [7, 11) is 0. The van der Waals surface area contributed by atoms with Gasteiger partial charge in [0, 0.05) is 44.8 Å². The number of rotatable bonds is 3. The molecule has 0 aromatic carbocycles. The predicted octanol–water partition coefficient (Wildman–Crippen LogP) is 1.62. The molecule has 0 amide bonds. The molecule has 3 heterocycles. The highest BCUT2D eigenvalue weighted by atomic mass is 15.2. The van der Waals surface area contributed by atoms with Crippen molar-refractivity contribution in [3.05, 3.63) is 35.9 Å². The molecule has 1 saturated carbocycles. The lowest BCUT2D eigenvalue weighted by Crippen LogP contribution is -2.42. The van der Waals surface area contributed by atoms with Crippen LogP contribution in [0.5, 0.6) is 0 Å². The molecular formula is C15H20N4. The smallest absolute Gasteiger partial charge is 0.116 e. The van der Waals surface area contributed by atoms with Gasteiger partial charge in [-0.15, -0.1) is 0 Å². The van der Waals surface area contributed by atoms with Gasteiger partial charge >= 0.3 is 0 Å². The first-order chi connectivity index (χ1) is 9.42. The number of pyridine rings is 1. The van der Waals surface area contributed by atoms with Crippen molar-refractivity contribution in [2.75, 3.05) is 26.2 Å². The zero-order valence-corrected chi connectivity index (χ0v) is 11.2. The van der Waals surface area contributed by atoms with Crippen LogP contribution in [-0.4, -0.2) is 40.5 Å². The maximum absolute atomic E-state index is 4.95. The maximum atomic E-state index is 4.95. The Morgan fingerprint density at radius 2 is 2.05 bits per heavy atom. The molecule has 1 aliphatic heterocycles. The second-order valence-electron chi connectivity index (χ2n) is 5.67. The number of imidazole rings is 1. The van der Waals surface area contributed by atoms with Crippen LogP contribution in [0.1, 0.15) is 30.3 Å². The van der Waals surface area contributed by atoms with Gasteiger partial charge in [-0.25, -0.2) is 4.98 Å². The number of nitrogens with zero attached hydrogens (tertiary/aromatic N) is 3. The largest absolute Gasteiger partial charge is 0.314 e. The minimum Gasteiger partial charge on any atom is -0.314 e. The number of piperazine rings is 1. The molecule has 4 rings (SSSR count). The highest BCUT2D eigenvalue weighted by Crippen LogP contribution is 2.40. The maximum Gasteiger partial charge on any atom is 0.116 e. The van der Waals surface area contributed by atoms with Crippen molar-refractivity contribution in [2.45, 2.75) is 25.3 Å². The quantitative estimate of drug-likeness (QED) is 0.905. The van der Waals surface area contributed by atoms with Crippen molar-refractivity contribution in [1.82, 2.24) is 19.6 Å². The summed E-state index contributed by atoms with van der Waals surface area (Å²) in [6.45, 7) is 5.44. The number of nitrogens with one attached hydrogen (secondary N) is 1. The average molecular weight is 256 g/mol. The molecule has 2 aliphatic rings. The predicted molar refractivity (Wildman–Crippen MR) is 75.3 cm³/mol. The SMILES string of the molecule is c1ccn2c(C3CC3)nc(CN3CCNCC3)c2c1. The van der Waals surface area contributed by atoms with Crippen LogP contribution in [0, 0.1) is 0 Å². The van der Waals surface area contributed by atoms with Gasteiger partial charge in [0.05, 0.1) is 11.2 Å². The van der Waals surface area contributed by atoms with E-state index in [0.717, 1.165) is 32.7 Å². The van der Waals surface area contributed by atoms with E-state index in [1.165, 1.54) is 29.9 Å². The topological polar surface area (TPSA) is 32.6 Å². The van der Waals surface area contributed by atoms with E-state index in [2.05, 4.69) is 39.0 Å². The molecule has 1 aliphatic carbocycles. The van der Waals surface area contributed by atoms with Gasteiger partial charge in [-0.2, -0.15) is 0 Å². The molecular weight excluding hydrogens is 236 g/mol. The Hall–Kier alpha value is -1.39. The van der Waals surface area contributed by atoms with Crippen LogP contribution in [0.15, 0.2) is 24.4 Å². The van der Waals surface area contributed by atoms with Gasteiger partial charge in [0.2, 0.25) is 0 Å². The molecule has 2 fully saturated rings. The molecule has 1 saturated heterocycles. The molecule has 2 aromatic heterocycles. The summed E-state index contributed by atoms with van der Waals surface area (Å²) in [5.41, 5.74) is 2.55. The van der Waals surface area contributed by atoms with E-state index >= 15 is 0 Å². The van der Waals surface area contributed by atoms with Crippen molar-refractivity contribution in [3.63, 3.8) is 0 Å². The molecule has 19 heavy (non-hydrogen) atoms. The van der Waals surface area contributed by atoms with Crippen LogP contribution in [0.3, 0.4) is 0 Å². The summed E-state index contributed by atoms with van der Waals surface area (Å²) >= 11 is 0. The normalized spacial score (nSPS) is 21.1. The van der Waals surface area contributed by atoms with Crippen molar-refractivity contribution in [2.24, 2.45) is 0 Å². The summed E-state index contributed by atoms with van der Waals surface area (Å²) in [4.78, 5) is 7.45. The lowest BCUT2D eigenvalue weighted by atomic mass is 10.3. The Kier molecular flexibility index (Phi) is 2.78. The van der Waals surface area contributed by atoms with Crippen LogP contribution in [0.2, 0.25) is 0 Å². The number of hydrogen-bond donors (Lipinski definition) is 1. The summed E-state index contributed by atoms with van der Waals surface area (Å²) in [5.74, 6) is 1.98. The summed E-state index contributed by atoms with van der Waals surface area (Å²) in [5, 5.41) is 3.40. The molecule has 2 aromatic rings. The number of hydrogen-bond acceptors (Lipinski definition) is 3. The fourth-order valence-electron chi connectivity index (χ4n) is 2.95. The minimum absolute atomic E-state index is 0.701. The van der Waals surface area contributed by atoms with Crippen LogP contribution < -0.4 is 5.32 Å². The van der Waals surface area contributed by atoms with E-state index in [0.29, 0.717) is 5.92 Å². The molecule has 100 valence electrons. The highest BCUT2D eigenvalue weighted by molar-refractivity contribution is 5.53. The first-order valence-corrected chi connectivity index (χ1v) is 7.31. The van der Waals surface area contributed by atoms with Crippen molar-refractivity contribution in [3.8, 4) is 0 Å². The van der Waals surface area contributed by atoms with Gasteiger partial charge in [0.15, 0.2) is 0 Å². The van der Waals surface area contributed by atoms with E-state index < -0.39 is 0 Å². The third-order valence-corrected chi connectivity index (χ3v) is 4.18. The average Bonchev–Trinajstić information content (AvgIpc) is 3.24. The third kappa shape index (κ3) is 2.15. The van der Waals surface area contributed by atoms with E-state index in [4.69, 9.17) is 4.98 Å². The highest BCUT2D eigenvalue weighted by Gasteiger charge is 2.29. The van der Waals surface area contributed by atoms with Gasteiger partial charge in [-0.3, -0.25) is 4.90 Å². The van der Waals surface area contributed by atoms with Crippen LogP contribution in [0.25, 0.3) is 5.52 Å². The first-order valence-electron chi connectivity index (χ1n) is 7.31. The fourth-order valence-corrected chi connectivity index (χ4v) is 2.95. The zero-order valence-electron chi connectivity index (χ0n) is 11.2. The Morgan fingerprint density at radius 1 is 1.21 bits per heavy atom. The molecule has 0 bridgehead atoms. The Balaban J connectivity index is 1.68. The van der Waals surface area contributed by atoms with Gasteiger partial charge in [-0.1, -0.05) is 6.07 Å². The van der Waals surface area contributed by atoms with Crippen molar-refractivity contribution in [1.29, 1.82) is 0 Å². The second-order valence-corrected chi connectivity index (χ2v) is 5.67. The molecule has 0 unspecified atom stereocenters. The van der Waals surface area contributed by atoms with Crippen molar-refractivity contribution < 1.29 is 0 Å². The summed E-state index contributed by atoms with van der Waals surface area (Å²) in [6.07, 6.45) is 4.78. The lowest BCUT2D eigenvalue weighted by molar-refractivity contribution is 0.231. The molecule has 4 nitrogen and oxygen atoms in total. The third-order valence-electron chi connectivity index (χ3n) is 4.18. The van der Waals surface area contributed by atoms with Gasteiger partial charge in [0.25, 0.3) is 0 Å². The number of fused-ring (bicyclic) bond motifs is 1. The van der Waals surface area contributed by atoms with E-state index in [-0.39, 0.29) is 0 Å². The Bertz CT molecular complexity index is 579. The minimum atomic E-state index is 0.701. The van der Waals surface area contributed by atoms with Crippen LogP contribution >= 0.6 is 0 Å². The second kappa shape index (κ2) is 4.62. The van der Waals surface area contributed by atoms with Gasteiger partial charge < -0.3 is 9.72 Å². The van der Waals surface area contributed by atoms with E-state index in [1.54, 1.807) is 0 Å². The van der Waals surface area contributed by atoms with Gasteiger partial charge in [0.1, 0.15) is 5.82 Å². The standard InChI is InChI=1S/C15H20N4/c1-2-8-19-14(3-1)13(17-15(19)12-4-5-12)11-18-9-6-16-7-10-18/h1-3,8,12,16H,4-7,9-11H2. The molecule has 0 spiro atoms. The molecule has 1 N–H and O–H groups in total. The van der Waals surface area contributed by atoms with Crippen molar-refractivity contribution >= 4 is 5.52 Å². The molecule has 0 atom stereocenters. The summed E-state index contributed by atoms with van der Waals surface area (Å²) in [6, 6.07) is 6.43. The molecule has 0 radical (unpaired) electrons. The lowest BCUT2D eigenvalue weighted by Gasteiger charge is -2.26. The van der Waals surface area contributed by atoms with E-state index in [9.17, 15) is 0 Å². The number of aromatic nitrogens is 2. The van der Waals surface area contributed by atoms with Crippen LogP contribution in [0.4, 0.5) is 0 Å². The monoisotopic (exact) mass is 256 g/mol. The zero-order chi connectivity index (χ0) is 12.7. The first kappa shape index (κ1) is 11.4.